The molecule has 1 atom stereocenters. The normalized spacial score (nSPS) is 19.3. The molecule has 12 heavy (non-hydrogen) atoms. The number of carboxylic acid groups (broad SMARTS) is 1. The molecule has 0 aromatic rings. The zero-order valence-electron chi connectivity index (χ0n) is 7.21. The Morgan fingerprint density at radius 2 is 1.92 bits per heavy atom. The molecule has 0 heterocycles. The molecule has 0 aromatic carbocycles. The maximum Gasteiger partial charge on any atom is 0.334 e. The summed E-state index contributed by atoms with van der Waals surface area (Å²) in [5, 5.41) is 18.0. The predicted molar refractivity (Wildman–Crippen MR) is 44.8 cm³/mol. The highest BCUT2D eigenvalue weighted by Gasteiger charge is 2.21. The number of hydrogen-bond acceptors (Lipinski definition) is 2. The van der Waals surface area contributed by atoms with E-state index >= 15 is 0 Å². The van der Waals surface area contributed by atoms with Crippen molar-refractivity contribution in [1.29, 1.82) is 0 Å². The molecule has 3 heteroatoms. The van der Waals surface area contributed by atoms with Gasteiger partial charge in [0.15, 0.2) is 0 Å². The fraction of sp³-hybridized carbons (Fsp3) is 0.667. The van der Waals surface area contributed by atoms with Gasteiger partial charge >= 0.3 is 5.97 Å². The van der Waals surface area contributed by atoms with Crippen LogP contribution in [0.2, 0.25) is 0 Å². The van der Waals surface area contributed by atoms with Gasteiger partial charge in [-0.15, -0.1) is 0 Å². The van der Waals surface area contributed by atoms with E-state index in [1.165, 1.54) is 6.92 Å². The first-order valence-electron chi connectivity index (χ1n) is 4.26. The number of aliphatic carboxylic acids is 1. The summed E-state index contributed by atoms with van der Waals surface area (Å²) in [7, 11) is 0. The minimum absolute atomic E-state index is 0.215. The lowest BCUT2D eigenvalue weighted by Gasteiger charge is -2.08. The van der Waals surface area contributed by atoms with Crippen molar-refractivity contribution in [2.45, 2.75) is 38.7 Å². The van der Waals surface area contributed by atoms with E-state index in [0.29, 0.717) is 0 Å². The second-order valence-corrected chi connectivity index (χ2v) is 3.21. The van der Waals surface area contributed by atoms with Gasteiger partial charge in [-0.1, -0.05) is 5.57 Å². The van der Waals surface area contributed by atoms with Gasteiger partial charge in [0, 0.05) is 0 Å². The van der Waals surface area contributed by atoms with E-state index in [9.17, 15) is 9.90 Å². The molecule has 0 amide bonds. The summed E-state index contributed by atoms with van der Waals surface area (Å²) in [6, 6.07) is 0. The van der Waals surface area contributed by atoms with Crippen molar-refractivity contribution in [2.75, 3.05) is 0 Å². The molecule has 0 radical (unpaired) electrons. The third kappa shape index (κ3) is 1.85. The van der Waals surface area contributed by atoms with Gasteiger partial charge in [-0.2, -0.15) is 0 Å². The van der Waals surface area contributed by atoms with Crippen LogP contribution < -0.4 is 0 Å². The fourth-order valence-electron chi connectivity index (χ4n) is 1.70. The zero-order chi connectivity index (χ0) is 9.14. The van der Waals surface area contributed by atoms with E-state index in [-0.39, 0.29) is 5.57 Å². The van der Waals surface area contributed by atoms with Gasteiger partial charge in [0.25, 0.3) is 0 Å². The summed E-state index contributed by atoms with van der Waals surface area (Å²) >= 11 is 0. The van der Waals surface area contributed by atoms with Gasteiger partial charge in [-0.25, -0.2) is 4.79 Å². The predicted octanol–water partition coefficient (Wildman–Crippen LogP) is 1.32. The molecule has 0 spiro atoms. The number of rotatable bonds is 2. The molecular formula is C9H14O3. The highest BCUT2D eigenvalue weighted by atomic mass is 16.4. The Morgan fingerprint density at radius 3 is 2.25 bits per heavy atom. The van der Waals surface area contributed by atoms with Crippen LogP contribution in [0.15, 0.2) is 11.1 Å². The molecular weight excluding hydrogens is 156 g/mol. The average molecular weight is 170 g/mol. The second-order valence-electron chi connectivity index (χ2n) is 3.21. The zero-order valence-corrected chi connectivity index (χ0v) is 7.21. The number of aliphatic hydroxyl groups is 1. The van der Waals surface area contributed by atoms with E-state index in [1.54, 1.807) is 0 Å². The van der Waals surface area contributed by atoms with Crippen LogP contribution >= 0.6 is 0 Å². The third-order valence-electron chi connectivity index (χ3n) is 2.24. The van der Waals surface area contributed by atoms with Gasteiger partial charge in [-0.05, 0) is 32.6 Å². The van der Waals surface area contributed by atoms with E-state index in [0.717, 1.165) is 31.3 Å². The maximum absolute atomic E-state index is 10.7. The summed E-state index contributed by atoms with van der Waals surface area (Å²) in [6.45, 7) is 1.51. The van der Waals surface area contributed by atoms with Crippen LogP contribution in [-0.2, 0) is 4.79 Å². The Morgan fingerprint density at radius 1 is 1.42 bits per heavy atom. The molecule has 1 aliphatic carbocycles. The van der Waals surface area contributed by atoms with E-state index in [4.69, 9.17) is 5.11 Å². The molecule has 68 valence electrons. The van der Waals surface area contributed by atoms with Crippen LogP contribution in [0.5, 0.6) is 0 Å². The molecule has 2 N–H and O–H groups in total. The minimum Gasteiger partial charge on any atom is -0.478 e. The minimum atomic E-state index is -0.970. The van der Waals surface area contributed by atoms with Crippen molar-refractivity contribution >= 4 is 5.97 Å². The largest absolute Gasteiger partial charge is 0.478 e. The molecule has 0 aliphatic heterocycles. The highest BCUT2D eigenvalue weighted by molar-refractivity contribution is 5.88. The monoisotopic (exact) mass is 170 g/mol. The van der Waals surface area contributed by atoms with E-state index in [2.05, 4.69) is 0 Å². The molecule has 0 saturated heterocycles. The molecule has 1 rings (SSSR count). The Balaban J connectivity index is 2.89. The molecule has 1 saturated carbocycles. The smallest absolute Gasteiger partial charge is 0.334 e. The molecule has 1 unspecified atom stereocenters. The number of carbonyl (C=O) groups is 1. The van der Waals surface area contributed by atoms with Gasteiger partial charge in [-0.3, -0.25) is 0 Å². The molecule has 0 aromatic heterocycles. The highest BCUT2D eigenvalue weighted by Crippen LogP contribution is 2.28. The van der Waals surface area contributed by atoms with E-state index in [1.807, 2.05) is 0 Å². The van der Waals surface area contributed by atoms with Crippen LogP contribution in [0.25, 0.3) is 0 Å². The quantitative estimate of drug-likeness (QED) is 0.614. The van der Waals surface area contributed by atoms with Gasteiger partial charge < -0.3 is 10.2 Å². The molecule has 0 bridgehead atoms. The van der Waals surface area contributed by atoms with Crippen LogP contribution in [0, 0.1) is 0 Å². The lowest BCUT2D eigenvalue weighted by Crippen LogP contribution is -2.16. The van der Waals surface area contributed by atoms with Crippen LogP contribution in [0.3, 0.4) is 0 Å². The second kappa shape index (κ2) is 3.72. The summed E-state index contributed by atoms with van der Waals surface area (Å²) in [5.41, 5.74) is 1.14. The molecule has 1 aliphatic rings. The van der Waals surface area contributed by atoms with Crippen molar-refractivity contribution < 1.29 is 15.0 Å². The first kappa shape index (κ1) is 9.26. The van der Waals surface area contributed by atoms with Gasteiger partial charge in [0.1, 0.15) is 0 Å². The Hall–Kier alpha value is -0.830. The summed E-state index contributed by atoms with van der Waals surface area (Å²) in [6.07, 6.45) is 2.95. The van der Waals surface area contributed by atoms with Gasteiger partial charge in [0.2, 0.25) is 0 Å². The van der Waals surface area contributed by atoms with Crippen LogP contribution in [0.1, 0.15) is 32.6 Å². The number of hydrogen-bond donors (Lipinski definition) is 2. The molecule has 1 fully saturated rings. The Kier molecular flexibility index (Phi) is 2.87. The van der Waals surface area contributed by atoms with E-state index < -0.39 is 12.1 Å². The summed E-state index contributed by atoms with van der Waals surface area (Å²) in [4.78, 5) is 10.7. The lowest BCUT2D eigenvalue weighted by atomic mass is 10.0. The third-order valence-corrected chi connectivity index (χ3v) is 2.24. The first-order valence-corrected chi connectivity index (χ1v) is 4.26. The number of aliphatic hydroxyl groups excluding tert-OH is 1. The first-order chi connectivity index (χ1) is 5.63. The maximum atomic E-state index is 10.7. The topological polar surface area (TPSA) is 57.5 Å². The summed E-state index contributed by atoms with van der Waals surface area (Å²) in [5.74, 6) is -0.970. The fourth-order valence-corrected chi connectivity index (χ4v) is 1.70. The van der Waals surface area contributed by atoms with Gasteiger partial charge in [0.05, 0.1) is 11.7 Å². The lowest BCUT2D eigenvalue weighted by molar-refractivity contribution is -0.133. The van der Waals surface area contributed by atoms with Crippen LogP contribution in [-0.4, -0.2) is 22.3 Å². The van der Waals surface area contributed by atoms with Crippen molar-refractivity contribution in [1.82, 2.24) is 0 Å². The number of carboxylic acids is 1. The Labute approximate surface area is 71.7 Å². The van der Waals surface area contributed by atoms with Crippen molar-refractivity contribution in [3.05, 3.63) is 11.1 Å². The van der Waals surface area contributed by atoms with Crippen molar-refractivity contribution in [2.24, 2.45) is 0 Å². The number of allylic oxidation sites excluding steroid dienone is 1. The van der Waals surface area contributed by atoms with Crippen molar-refractivity contribution in [3.63, 3.8) is 0 Å². The average Bonchev–Trinajstić information content (AvgIpc) is 2.37. The SMILES string of the molecule is CC(O)C(C(=O)O)=C1CCCC1. The van der Waals surface area contributed by atoms with Crippen LogP contribution in [0.4, 0.5) is 0 Å². The standard InChI is InChI=1S/C9H14O3/c1-6(10)8(9(11)12)7-4-2-3-5-7/h6,10H,2-5H2,1H3,(H,11,12). The molecule has 3 nitrogen and oxygen atoms in total. The Bertz CT molecular complexity index is 208. The van der Waals surface area contributed by atoms with Crippen molar-refractivity contribution in [3.8, 4) is 0 Å². The summed E-state index contributed by atoms with van der Waals surface area (Å²) < 4.78 is 0.